The normalized spacial score (nSPS) is 19.5. The van der Waals surface area contributed by atoms with Gasteiger partial charge in [-0.2, -0.15) is 13.2 Å². The molecule has 0 aliphatic carbocycles. The average molecular weight is 377 g/mol. The van der Waals surface area contributed by atoms with Crippen molar-refractivity contribution in [3.63, 3.8) is 0 Å². The number of amides is 1. The monoisotopic (exact) mass is 377 g/mol. The maximum atomic E-state index is 13.2. The standard InChI is InChI=1S/C20H18F3NO3/c1-19(18(26)27)9-10-24(19)17(25)12-13-5-4-6-14(11-13)15-7-2-3-8-16(15)20(21,22)23/h2-8,11H,9-10,12H2,1H3,(H,26,27). The summed E-state index contributed by atoms with van der Waals surface area (Å²) in [7, 11) is 0. The highest BCUT2D eigenvalue weighted by molar-refractivity contribution is 5.89. The Bertz CT molecular complexity index is 894. The number of hydrogen-bond donors (Lipinski definition) is 1. The highest BCUT2D eigenvalue weighted by Gasteiger charge is 2.49. The van der Waals surface area contributed by atoms with Gasteiger partial charge in [0.15, 0.2) is 0 Å². The lowest BCUT2D eigenvalue weighted by molar-refractivity contribution is -0.168. The lowest BCUT2D eigenvalue weighted by Gasteiger charge is -2.47. The Kier molecular flexibility index (Phi) is 4.71. The van der Waals surface area contributed by atoms with E-state index in [0.717, 1.165) is 6.07 Å². The molecule has 1 aliphatic rings. The molecule has 7 heteroatoms. The molecule has 0 bridgehead atoms. The number of benzene rings is 2. The number of carbonyl (C=O) groups excluding carboxylic acids is 1. The van der Waals surface area contributed by atoms with Gasteiger partial charge in [-0.3, -0.25) is 4.79 Å². The number of rotatable bonds is 4. The van der Waals surface area contributed by atoms with Crippen LogP contribution in [-0.2, 0) is 22.2 Å². The fourth-order valence-corrected chi connectivity index (χ4v) is 3.28. The first kappa shape index (κ1) is 18.9. The molecule has 2 aromatic carbocycles. The van der Waals surface area contributed by atoms with Crippen LogP contribution in [0, 0.1) is 0 Å². The zero-order valence-electron chi connectivity index (χ0n) is 14.6. The number of halogens is 3. The second kappa shape index (κ2) is 6.72. The van der Waals surface area contributed by atoms with Crippen molar-refractivity contribution in [1.29, 1.82) is 0 Å². The van der Waals surface area contributed by atoms with E-state index >= 15 is 0 Å². The molecule has 1 saturated heterocycles. The van der Waals surface area contributed by atoms with Crippen LogP contribution >= 0.6 is 0 Å². The summed E-state index contributed by atoms with van der Waals surface area (Å²) < 4.78 is 39.7. The molecule has 1 unspecified atom stereocenters. The first-order chi connectivity index (χ1) is 12.6. The van der Waals surface area contributed by atoms with Gasteiger partial charge in [0, 0.05) is 6.54 Å². The number of carboxylic acid groups (broad SMARTS) is 1. The molecule has 3 rings (SSSR count). The molecule has 0 spiro atoms. The molecule has 142 valence electrons. The molecule has 0 saturated carbocycles. The Morgan fingerprint density at radius 1 is 1.15 bits per heavy atom. The van der Waals surface area contributed by atoms with Crippen molar-refractivity contribution in [3.05, 3.63) is 59.7 Å². The van der Waals surface area contributed by atoms with Crippen LogP contribution < -0.4 is 0 Å². The summed E-state index contributed by atoms with van der Waals surface area (Å²) in [5.41, 5.74) is -1.02. The zero-order valence-corrected chi connectivity index (χ0v) is 14.6. The SMILES string of the molecule is CC1(C(=O)O)CCN1C(=O)Cc1cccc(-c2ccccc2C(F)(F)F)c1. The molecule has 1 amide bonds. The lowest BCUT2D eigenvalue weighted by atomic mass is 9.86. The molecule has 27 heavy (non-hydrogen) atoms. The van der Waals surface area contributed by atoms with E-state index < -0.39 is 23.2 Å². The van der Waals surface area contributed by atoms with Gasteiger partial charge in [0.25, 0.3) is 0 Å². The predicted octanol–water partition coefficient (Wildman–Crippen LogP) is 3.99. The third kappa shape index (κ3) is 3.54. The number of aliphatic carboxylic acids is 1. The summed E-state index contributed by atoms with van der Waals surface area (Å²) in [5, 5.41) is 9.28. The van der Waals surface area contributed by atoms with E-state index in [4.69, 9.17) is 0 Å². The van der Waals surface area contributed by atoms with Crippen LogP contribution in [0.2, 0.25) is 0 Å². The first-order valence-electron chi connectivity index (χ1n) is 8.42. The number of nitrogens with zero attached hydrogens (tertiary/aromatic N) is 1. The summed E-state index contributed by atoms with van der Waals surface area (Å²) >= 11 is 0. The largest absolute Gasteiger partial charge is 0.480 e. The molecule has 0 radical (unpaired) electrons. The second-order valence-electron chi connectivity index (χ2n) is 6.79. The first-order valence-corrected chi connectivity index (χ1v) is 8.42. The van der Waals surface area contributed by atoms with E-state index in [1.807, 2.05) is 0 Å². The highest BCUT2D eigenvalue weighted by Crippen LogP contribution is 2.37. The second-order valence-corrected chi connectivity index (χ2v) is 6.79. The Labute approximate surface area is 154 Å². The molecule has 1 atom stereocenters. The molecule has 1 N–H and O–H groups in total. The van der Waals surface area contributed by atoms with Crippen LogP contribution in [0.4, 0.5) is 13.2 Å². The summed E-state index contributed by atoms with van der Waals surface area (Å²) in [5.74, 6) is -1.41. The van der Waals surface area contributed by atoms with Gasteiger partial charge in [0.2, 0.25) is 5.91 Å². The van der Waals surface area contributed by atoms with E-state index in [-0.39, 0.29) is 17.9 Å². The Balaban J connectivity index is 1.86. The van der Waals surface area contributed by atoms with Gasteiger partial charge >= 0.3 is 12.1 Å². The topological polar surface area (TPSA) is 57.6 Å². The summed E-state index contributed by atoms with van der Waals surface area (Å²) in [6, 6.07) is 11.6. The summed E-state index contributed by atoms with van der Waals surface area (Å²) in [6.07, 6.45) is -4.17. The van der Waals surface area contributed by atoms with Crippen LogP contribution in [-0.4, -0.2) is 34.0 Å². The Hall–Kier alpha value is -2.83. The number of alkyl halides is 3. The third-order valence-electron chi connectivity index (χ3n) is 5.01. The van der Waals surface area contributed by atoms with Gasteiger partial charge in [-0.05, 0) is 36.1 Å². The molecule has 2 aromatic rings. The van der Waals surface area contributed by atoms with Crippen LogP contribution in [0.15, 0.2) is 48.5 Å². The van der Waals surface area contributed by atoms with Gasteiger partial charge in [-0.25, -0.2) is 4.79 Å². The molecular weight excluding hydrogens is 359 g/mol. The molecular formula is C20H18F3NO3. The average Bonchev–Trinajstić information content (AvgIpc) is 2.59. The van der Waals surface area contributed by atoms with E-state index in [2.05, 4.69) is 0 Å². The Morgan fingerprint density at radius 3 is 2.44 bits per heavy atom. The van der Waals surface area contributed by atoms with E-state index in [9.17, 15) is 27.9 Å². The van der Waals surface area contributed by atoms with Gasteiger partial charge in [0.1, 0.15) is 5.54 Å². The molecule has 1 aliphatic heterocycles. The van der Waals surface area contributed by atoms with E-state index in [0.29, 0.717) is 24.1 Å². The van der Waals surface area contributed by atoms with Crippen molar-refractivity contribution in [1.82, 2.24) is 4.90 Å². The molecule has 4 nitrogen and oxygen atoms in total. The fraction of sp³-hybridized carbons (Fsp3) is 0.300. The van der Waals surface area contributed by atoms with Crippen LogP contribution in [0.25, 0.3) is 11.1 Å². The maximum absolute atomic E-state index is 13.2. The van der Waals surface area contributed by atoms with Crippen molar-refractivity contribution in [2.24, 2.45) is 0 Å². The fourth-order valence-electron chi connectivity index (χ4n) is 3.28. The number of carboxylic acids is 1. The summed E-state index contributed by atoms with van der Waals surface area (Å²) in [4.78, 5) is 25.1. The quantitative estimate of drug-likeness (QED) is 0.877. The minimum absolute atomic E-state index is 0.0404. The zero-order chi connectivity index (χ0) is 19.8. The lowest BCUT2D eigenvalue weighted by Crippen LogP contribution is -2.64. The molecule has 0 aromatic heterocycles. The molecule has 1 heterocycles. The third-order valence-corrected chi connectivity index (χ3v) is 5.01. The number of likely N-dealkylation sites (tertiary alicyclic amines) is 1. The van der Waals surface area contributed by atoms with Gasteiger partial charge < -0.3 is 10.0 Å². The Morgan fingerprint density at radius 2 is 1.85 bits per heavy atom. The number of hydrogen-bond acceptors (Lipinski definition) is 2. The van der Waals surface area contributed by atoms with Crippen molar-refractivity contribution in [2.45, 2.75) is 31.5 Å². The molecule has 1 fully saturated rings. The highest BCUT2D eigenvalue weighted by atomic mass is 19.4. The minimum atomic E-state index is -4.48. The van der Waals surface area contributed by atoms with Crippen molar-refractivity contribution >= 4 is 11.9 Å². The van der Waals surface area contributed by atoms with Crippen molar-refractivity contribution < 1.29 is 27.9 Å². The van der Waals surface area contributed by atoms with Gasteiger partial charge in [-0.1, -0.05) is 42.5 Å². The maximum Gasteiger partial charge on any atom is 0.417 e. The van der Waals surface area contributed by atoms with Crippen molar-refractivity contribution in [2.75, 3.05) is 6.54 Å². The minimum Gasteiger partial charge on any atom is -0.480 e. The predicted molar refractivity (Wildman–Crippen MR) is 93.0 cm³/mol. The van der Waals surface area contributed by atoms with Crippen LogP contribution in [0.3, 0.4) is 0 Å². The van der Waals surface area contributed by atoms with E-state index in [1.165, 1.54) is 30.0 Å². The van der Waals surface area contributed by atoms with Crippen LogP contribution in [0.5, 0.6) is 0 Å². The van der Waals surface area contributed by atoms with Gasteiger partial charge in [0.05, 0.1) is 12.0 Å². The van der Waals surface area contributed by atoms with Crippen molar-refractivity contribution in [3.8, 4) is 11.1 Å². The number of carbonyl (C=O) groups is 2. The van der Waals surface area contributed by atoms with Gasteiger partial charge in [-0.15, -0.1) is 0 Å². The summed E-state index contributed by atoms with van der Waals surface area (Å²) in [6.45, 7) is 1.85. The van der Waals surface area contributed by atoms with Crippen LogP contribution in [0.1, 0.15) is 24.5 Å². The van der Waals surface area contributed by atoms with E-state index in [1.54, 1.807) is 24.3 Å². The smallest absolute Gasteiger partial charge is 0.417 e.